The molecule has 26 heavy (non-hydrogen) atoms. The molecule has 2 fully saturated rings. The van der Waals surface area contributed by atoms with Gasteiger partial charge in [-0.25, -0.2) is 9.59 Å². The number of ether oxygens (including phenoxy) is 1. The third-order valence-corrected chi connectivity index (χ3v) is 4.00. The number of imide groups is 1. The van der Waals surface area contributed by atoms with Crippen LogP contribution in [0.2, 0.25) is 0 Å². The van der Waals surface area contributed by atoms with Crippen LogP contribution in [-0.4, -0.2) is 56.7 Å². The van der Waals surface area contributed by atoms with Crippen LogP contribution in [0.3, 0.4) is 0 Å². The van der Waals surface area contributed by atoms with Gasteiger partial charge in [0.25, 0.3) is 11.8 Å². The second kappa shape index (κ2) is 8.95. The zero-order chi connectivity index (χ0) is 19.1. The molecule has 0 spiro atoms. The standard InChI is InChI=1S/C13H15NO4.C4H5NO3/c15-12(16)11-7-4-8-14(11)13(17)18-9-10-5-2-1-3-6-10;6-3-1-2-4(7)5(3)8/h1-3,5-6,11H,4,7-9H2,(H,15,16);8H,1-2H2/t11-;/m0./s1. The number of hydrogen-bond acceptors (Lipinski definition) is 6. The lowest BCUT2D eigenvalue weighted by Gasteiger charge is -2.20. The molecule has 2 aliphatic rings. The van der Waals surface area contributed by atoms with Crippen molar-refractivity contribution in [2.75, 3.05) is 6.54 Å². The normalized spacial score (nSPS) is 19.2. The SMILES string of the molecule is O=C(O)[C@@H]1CCCN1C(=O)OCc1ccccc1.O=C1CCC(=O)N1O. The van der Waals surface area contributed by atoms with Crippen molar-refractivity contribution >= 4 is 23.9 Å². The van der Waals surface area contributed by atoms with Crippen molar-refractivity contribution in [1.82, 2.24) is 9.96 Å². The number of carboxylic acids is 1. The van der Waals surface area contributed by atoms with Crippen molar-refractivity contribution in [2.24, 2.45) is 0 Å². The highest BCUT2D eigenvalue weighted by Gasteiger charge is 2.34. The number of amides is 3. The zero-order valence-electron chi connectivity index (χ0n) is 14.0. The van der Waals surface area contributed by atoms with E-state index in [4.69, 9.17) is 15.1 Å². The molecule has 1 atom stereocenters. The highest BCUT2D eigenvalue weighted by molar-refractivity contribution is 6.00. The maximum Gasteiger partial charge on any atom is 0.410 e. The Hall–Kier alpha value is -2.94. The van der Waals surface area contributed by atoms with Gasteiger partial charge < -0.3 is 9.84 Å². The summed E-state index contributed by atoms with van der Waals surface area (Å²) in [6.07, 6.45) is 0.946. The Balaban J connectivity index is 0.000000254. The third kappa shape index (κ3) is 5.03. The number of hydroxylamine groups is 2. The van der Waals surface area contributed by atoms with E-state index in [1.807, 2.05) is 30.3 Å². The Morgan fingerprint density at radius 2 is 1.73 bits per heavy atom. The Labute approximate surface area is 149 Å². The van der Waals surface area contributed by atoms with E-state index in [2.05, 4.69) is 0 Å². The van der Waals surface area contributed by atoms with Crippen molar-refractivity contribution in [1.29, 1.82) is 0 Å². The van der Waals surface area contributed by atoms with E-state index >= 15 is 0 Å². The summed E-state index contributed by atoms with van der Waals surface area (Å²) in [7, 11) is 0. The van der Waals surface area contributed by atoms with Gasteiger partial charge in [-0.05, 0) is 18.4 Å². The van der Waals surface area contributed by atoms with Gasteiger partial charge in [-0.2, -0.15) is 5.06 Å². The minimum atomic E-state index is -0.968. The molecule has 2 N–H and O–H groups in total. The zero-order valence-corrected chi connectivity index (χ0v) is 14.0. The molecule has 0 radical (unpaired) electrons. The van der Waals surface area contributed by atoms with Crippen LogP contribution in [0.5, 0.6) is 0 Å². The number of hydrogen-bond donors (Lipinski definition) is 2. The first-order valence-electron chi connectivity index (χ1n) is 8.15. The van der Waals surface area contributed by atoms with Crippen LogP contribution in [0.4, 0.5) is 4.79 Å². The lowest BCUT2D eigenvalue weighted by Crippen LogP contribution is -2.40. The molecule has 0 unspecified atom stereocenters. The first-order valence-corrected chi connectivity index (χ1v) is 8.15. The smallest absolute Gasteiger partial charge is 0.410 e. The molecule has 0 aliphatic carbocycles. The fraction of sp³-hybridized carbons (Fsp3) is 0.412. The summed E-state index contributed by atoms with van der Waals surface area (Å²) < 4.78 is 5.12. The van der Waals surface area contributed by atoms with Gasteiger partial charge in [0.05, 0.1) is 0 Å². The second-order valence-corrected chi connectivity index (χ2v) is 5.83. The lowest BCUT2D eigenvalue weighted by atomic mass is 10.2. The number of benzene rings is 1. The topological polar surface area (TPSA) is 124 Å². The molecule has 3 amide bonds. The Morgan fingerprint density at radius 3 is 2.23 bits per heavy atom. The van der Waals surface area contributed by atoms with Crippen LogP contribution in [0.25, 0.3) is 0 Å². The van der Waals surface area contributed by atoms with Gasteiger partial charge in [0.15, 0.2) is 0 Å². The molecule has 9 heteroatoms. The van der Waals surface area contributed by atoms with Gasteiger partial charge >= 0.3 is 12.1 Å². The molecule has 140 valence electrons. The highest BCUT2D eigenvalue weighted by Crippen LogP contribution is 2.18. The van der Waals surface area contributed by atoms with Gasteiger partial charge in [0, 0.05) is 19.4 Å². The first kappa shape index (κ1) is 19.4. The van der Waals surface area contributed by atoms with Gasteiger partial charge in [-0.15, -0.1) is 0 Å². The summed E-state index contributed by atoms with van der Waals surface area (Å²) in [6, 6.07) is 8.57. The molecule has 1 aromatic carbocycles. The lowest BCUT2D eigenvalue weighted by molar-refractivity contribution is -0.171. The third-order valence-electron chi connectivity index (χ3n) is 4.00. The Kier molecular flexibility index (Phi) is 6.67. The Morgan fingerprint density at radius 1 is 1.12 bits per heavy atom. The number of nitrogens with zero attached hydrogens (tertiary/aromatic N) is 2. The average Bonchev–Trinajstić information content (AvgIpc) is 3.24. The van der Waals surface area contributed by atoms with Crippen LogP contribution in [0, 0.1) is 0 Å². The second-order valence-electron chi connectivity index (χ2n) is 5.83. The van der Waals surface area contributed by atoms with Gasteiger partial charge in [0.1, 0.15) is 12.6 Å². The molecule has 1 aromatic rings. The fourth-order valence-electron chi connectivity index (χ4n) is 2.61. The summed E-state index contributed by atoms with van der Waals surface area (Å²) >= 11 is 0. The minimum absolute atomic E-state index is 0.148. The molecular weight excluding hydrogens is 344 g/mol. The molecule has 2 saturated heterocycles. The summed E-state index contributed by atoms with van der Waals surface area (Å²) in [5.74, 6) is -1.98. The summed E-state index contributed by atoms with van der Waals surface area (Å²) in [4.78, 5) is 44.5. The maximum absolute atomic E-state index is 11.8. The molecule has 9 nitrogen and oxygen atoms in total. The average molecular weight is 364 g/mol. The van der Waals surface area contributed by atoms with Crippen LogP contribution in [0.15, 0.2) is 30.3 Å². The van der Waals surface area contributed by atoms with Crippen molar-refractivity contribution in [3.8, 4) is 0 Å². The number of likely N-dealkylation sites (tertiary alicyclic amines) is 1. The van der Waals surface area contributed by atoms with E-state index in [1.165, 1.54) is 4.90 Å². The quantitative estimate of drug-likeness (QED) is 0.613. The van der Waals surface area contributed by atoms with Crippen LogP contribution < -0.4 is 0 Å². The number of carboxylic acid groups (broad SMARTS) is 1. The van der Waals surface area contributed by atoms with Gasteiger partial charge in [0.2, 0.25) is 0 Å². The summed E-state index contributed by atoms with van der Waals surface area (Å²) in [5.41, 5.74) is 0.886. The minimum Gasteiger partial charge on any atom is -0.480 e. The maximum atomic E-state index is 11.8. The fourth-order valence-corrected chi connectivity index (χ4v) is 2.61. The van der Waals surface area contributed by atoms with Gasteiger partial charge in [-0.3, -0.25) is 19.7 Å². The first-order chi connectivity index (χ1) is 12.4. The number of aliphatic carboxylic acids is 1. The van der Waals surface area contributed by atoms with E-state index in [1.54, 1.807) is 0 Å². The molecule has 2 heterocycles. The molecule has 2 aliphatic heterocycles. The highest BCUT2D eigenvalue weighted by atomic mass is 16.6. The van der Waals surface area contributed by atoms with E-state index in [0.717, 1.165) is 5.56 Å². The van der Waals surface area contributed by atoms with Gasteiger partial charge in [-0.1, -0.05) is 30.3 Å². The predicted octanol–water partition coefficient (Wildman–Crippen LogP) is 1.40. The molecule has 0 bridgehead atoms. The van der Waals surface area contributed by atoms with Crippen LogP contribution in [0.1, 0.15) is 31.2 Å². The Bertz CT molecular complexity index is 661. The van der Waals surface area contributed by atoms with E-state index in [9.17, 15) is 19.2 Å². The molecule has 0 saturated carbocycles. The van der Waals surface area contributed by atoms with Crippen LogP contribution >= 0.6 is 0 Å². The number of rotatable bonds is 3. The van der Waals surface area contributed by atoms with E-state index in [-0.39, 0.29) is 24.5 Å². The largest absolute Gasteiger partial charge is 0.480 e. The number of carbonyl (C=O) groups excluding carboxylic acids is 3. The van der Waals surface area contributed by atoms with E-state index in [0.29, 0.717) is 19.4 Å². The van der Waals surface area contributed by atoms with Crippen molar-refractivity contribution in [2.45, 2.75) is 38.3 Å². The summed E-state index contributed by atoms with van der Waals surface area (Å²) in [6.45, 7) is 0.618. The van der Waals surface area contributed by atoms with Crippen molar-refractivity contribution in [3.05, 3.63) is 35.9 Å². The number of carbonyl (C=O) groups is 4. The monoisotopic (exact) mass is 364 g/mol. The summed E-state index contributed by atoms with van der Waals surface area (Å²) in [5, 5.41) is 17.5. The van der Waals surface area contributed by atoms with Crippen molar-refractivity contribution < 1.29 is 34.2 Å². The molecular formula is C17H20N2O7. The van der Waals surface area contributed by atoms with Crippen molar-refractivity contribution in [3.63, 3.8) is 0 Å². The van der Waals surface area contributed by atoms with E-state index < -0.39 is 29.9 Å². The predicted molar refractivity (Wildman–Crippen MR) is 86.9 cm³/mol. The van der Waals surface area contributed by atoms with Crippen LogP contribution in [-0.2, 0) is 25.7 Å². The molecule has 0 aromatic heterocycles. The molecule has 3 rings (SSSR count).